The van der Waals surface area contributed by atoms with Crippen molar-refractivity contribution in [3.8, 4) is 0 Å². The van der Waals surface area contributed by atoms with Crippen LogP contribution in [0.5, 0.6) is 0 Å². The van der Waals surface area contributed by atoms with Crippen LogP contribution in [0.1, 0.15) is 17.7 Å². The lowest BCUT2D eigenvalue weighted by Gasteiger charge is -2.16. The topological polar surface area (TPSA) is 88.9 Å². The summed E-state index contributed by atoms with van der Waals surface area (Å²) in [7, 11) is 0. The first-order chi connectivity index (χ1) is 11.7. The predicted octanol–water partition coefficient (Wildman–Crippen LogP) is 2.14. The lowest BCUT2D eigenvalue weighted by atomic mass is 10.1. The molecule has 0 unspecified atom stereocenters. The third kappa shape index (κ3) is 4.69. The van der Waals surface area contributed by atoms with E-state index in [1.54, 1.807) is 23.9 Å². The molecule has 24 heavy (non-hydrogen) atoms. The Labute approximate surface area is 144 Å². The number of urea groups is 1. The van der Waals surface area contributed by atoms with Crippen molar-refractivity contribution in [1.82, 2.24) is 25.4 Å². The van der Waals surface area contributed by atoms with Crippen molar-refractivity contribution in [2.24, 2.45) is 0 Å². The van der Waals surface area contributed by atoms with Crippen molar-refractivity contribution < 1.29 is 9.59 Å². The second-order valence-electron chi connectivity index (χ2n) is 4.81. The maximum Gasteiger partial charge on any atom is 0.321 e. The summed E-state index contributed by atoms with van der Waals surface area (Å²) in [6.07, 6.45) is 3.30. The Morgan fingerprint density at radius 2 is 2.12 bits per heavy atom. The maximum atomic E-state index is 12.6. The molecular weight excluding hydrogens is 326 g/mol. The maximum absolute atomic E-state index is 12.6. The highest BCUT2D eigenvalue weighted by Crippen LogP contribution is 2.34. The number of thioether (sulfide) groups is 1. The molecular formula is C16H19N5O2S. The number of carbonyl (C=O) groups is 2. The highest BCUT2D eigenvalue weighted by Gasteiger charge is 2.25. The van der Waals surface area contributed by atoms with Gasteiger partial charge in [0.05, 0.1) is 0 Å². The number of amides is 3. The highest BCUT2D eigenvalue weighted by atomic mass is 32.2. The van der Waals surface area contributed by atoms with Crippen LogP contribution in [-0.4, -0.2) is 33.2 Å². The summed E-state index contributed by atoms with van der Waals surface area (Å²) < 4.78 is 1.78. The molecule has 1 atom stereocenters. The van der Waals surface area contributed by atoms with Crippen LogP contribution in [0.15, 0.2) is 54.5 Å². The number of imide groups is 1. The first kappa shape index (κ1) is 17.7. The summed E-state index contributed by atoms with van der Waals surface area (Å²) in [5, 5.41) is 12.8. The first-order valence-electron chi connectivity index (χ1n) is 7.44. The molecule has 126 valence electrons. The fourth-order valence-electron chi connectivity index (χ4n) is 1.99. The van der Waals surface area contributed by atoms with E-state index in [2.05, 4.69) is 27.4 Å². The van der Waals surface area contributed by atoms with Crippen molar-refractivity contribution >= 4 is 23.7 Å². The summed E-state index contributed by atoms with van der Waals surface area (Å²) in [4.78, 5) is 24.2. The molecule has 1 aromatic heterocycles. The summed E-state index contributed by atoms with van der Waals surface area (Å²) >= 11 is 1.23. The SMILES string of the molecule is C=CCn1cnnc1S[C@@H](C(=O)NC(=O)NCC)c1ccccc1. The number of benzene rings is 1. The predicted molar refractivity (Wildman–Crippen MR) is 92.5 cm³/mol. The fraction of sp³-hybridized carbons (Fsp3) is 0.250. The molecule has 2 N–H and O–H groups in total. The monoisotopic (exact) mass is 345 g/mol. The molecule has 0 fully saturated rings. The number of aromatic nitrogens is 3. The van der Waals surface area contributed by atoms with E-state index in [-0.39, 0.29) is 0 Å². The number of hydrogen-bond donors (Lipinski definition) is 2. The van der Waals surface area contributed by atoms with Gasteiger partial charge in [-0.15, -0.1) is 16.8 Å². The normalized spacial score (nSPS) is 11.5. The minimum Gasteiger partial charge on any atom is -0.338 e. The molecule has 0 saturated heterocycles. The van der Waals surface area contributed by atoms with Crippen LogP contribution in [0.25, 0.3) is 0 Å². The van der Waals surface area contributed by atoms with Gasteiger partial charge < -0.3 is 9.88 Å². The lowest BCUT2D eigenvalue weighted by molar-refractivity contribution is -0.119. The van der Waals surface area contributed by atoms with Crippen molar-refractivity contribution in [3.63, 3.8) is 0 Å². The molecule has 0 saturated carbocycles. The second-order valence-corrected chi connectivity index (χ2v) is 5.88. The van der Waals surface area contributed by atoms with Gasteiger partial charge in [0.1, 0.15) is 11.6 Å². The van der Waals surface area contributed by atoms with E-state index in [1.165, 1.54) is 11.8 Å². The van der Waals surface area contributed by atoms with Gasteiger partial charge in [-0.3, -0.25) is 10.1 Å². The summed E-state index contributed by atoms with van der Waals surface area (Å²) in [5.74, 6) is -0.412. The summed E-state index contributed by atoms with van der Waals surface area (Å²) in [6.45, 7) is 6.45. The van der Waals surface area contributed by atoms with Crippen molar-refractivity contribution in [1.29, 1.82) is 0 Å². The first-order valence-corrected chi connectivity index (χ1v) is 8.32. The molecule has 2 aromatic rings. The van der Waals surface area contributed by atoms with E-state index in [0.29, 0.717) is 18.2 Å². The molecule has 7 nitrogen and oxygen atoms in total. The minimum absolute atomic E-state index is 0.412. The Bertz CT molecular complexity index is 702. The quantitative estimate of drug-likeness (QED) is 0.593. The average Bonchev–Trinajstić information content (AvgIpc) is 3.01. The van der Waals surface area contributed by atoms with Crippen molar-refractivity contribution in [3.05, 3.63) is 54.9 Å². The molecule has 0 radical (unpaired) electrons. The van der Waals surface area contributed by atoms with Crippen LogP contribution in [-0.2, 0) is 11.3 Å². The van der Waals surface area contributed by atoms with Gasteiger partial charge >= 0.3 is 6.03 Å². The number of allylic oxidation sites excluding steroid dienone is 1. The van der Waals surface area contributed by atoms with E-state index < -0.39 is 17.2 Å². The summed E-state index contributed by atoms with van der Waals surface area (Å²) in [5.41, 5.74) is 0.775. The fourth-order valence-corrected chi connectivity index (χ4v) is 3.01. The van der Waals surface area contributed by atoms with Gasteiger partial charge in [-0.25, -0.2) is 4.79 Å². The van der Waals surface area contributed by atoms with Crippen LogP contribution in [0.4, 0.5) is 4.79 Å². The smallest absolute Gasteiger partial charge is 0.321 e. The zero-order valence-electron chi connectivity index (χ0n) is 13.3. The van der Waals surface area contributed by atoms with Gasteiger partial charge in [0, 0.05) is 13.1 Å². The van der Waals surface area contributed by atoms with Crippen molar-refractivity contribution in [2.75, 3.05) is 6.54 Å². The van der Waals surface area contributed by atoms with Crippen LogP contribution in [0.3, 0.4) is 0 Å². The van der Waals surface area contributed by atoms with Gasteiger partial charge in [0.25, 0.3) is 0 Å². The standard InChI is InChI=1S/C16H19N5O2S/c1-3-10-21-11-18-20-16(21)24-13(12-8-6-5-7-9-12)14(22)19-15(23)17-4-2/h3,5-9,11,13H,1,4,10H2,2H3,(H2,17,19,22,23)/t13-/m1/s1. The molecule has 0 aliphatic heterocycles. The highest BCUT2D eigenvalue weighted by molar-refractivity contribution is 8.00. The summed E-state index contributed by atoms with van der Waals surface area (Å²) in [6, 6.07) is 8.71. The zero-order chi connectivity index (χ0) is 17.4. The van der Waals surface area contributed by atoms with Gasteiger partial charge in [-0.05, 0) is 12.5 Å². The number of hydrogen-bond acceptors (Lipinski definition) is 5. The minimum atomic E-state index is -0.624. The third-order valence-corrected chi connectivity index (χ3v) is 4.29. The van der Waals surface area contributed by atoms with Gasteiger partial charge in [-0.2, -0.15) is 0 Å². The molecule has 1 aromatic carbocycles. The molecule has 0 spiro atoms. The van der Waals surface area contributed by atoms with E-state index in [4.69, 9.17) is 0 Å². The molecule has 1 heterocycles. The zero-order valence-corrected chi connectivity index (χ0v) is 14.1. The molecule has 0 aliphatic rings. The Hall–Kier alpha value is -2.61. The van der Waals surface area contributed by atoms with Crippen LogP contribution in [0.2, 0.25) is 0 Å². The number of carbonyl (C=O) groups excluding carboxylic acids is 2. The van der Waals surface area contributed by atoms with Gasteiger partial charge in [-0.1, -0.05) is 48.2 Å². The molecule has 0 aliphatic carbocycles. The molecule has 3 amide bonds. The largest absolute Gasteiger partial charge is 0.338 e. The lowest BCUT2D eigenvalue weighted by Crippen LogP contribution is -2.41. The van der Waals surface area contributed by atoms with Gasteiger partial charge in [0.2, 0.25) is 5.91 Å². The Morgan fingerprint density at radius 1 is 1.38 bits per heavy atom. The third-order valence-electron chi connectivity index (χ3n) is 3.04. The average molecular weight is 345 g/mol. The van der Waals surface area contributed by atoms with E-state index in [0.717, 1.165) is 5.56 Å². The molecule has 8 heteroatoms. The van der Waals surface area contributed by atoms with Crippen LogP contribution >= 0.6 is 11.8 Å². The van der Waals surface area contributed by atoms with E-state index >= 15 is 0 Å². The molecule has 0 bridgehead atoms. The number of nitrogens with zero attached hydrogens (tertiary/aromatic N) is 3. The molecule has 2 rings (SSSR count). The number of rotatable bonds is 7. The van der Waals surface area contributed by atoms with E-state index in [1.807, 2.05) is 30.3 Å². The Balaban J connectivity index is 2.23. The second kappa shape index (κ2) is 8.88. The van der Waals surface area contributed by atoms with Gasteiger partial charge in [0.15, 0.2) is 5.16 Å². The number of nitrogens with one attached hydrogen (secondary N) is 2. The Morgan fingerprint density at radius 3 is 2.79 bits per heavy atom. The Kier molecular flexibility index (Phi) is 6.56. The van der Waals surface area contributed by atoms with Crippen LogP contribution < -0.4 is 10.6 Å². The van der Waals surface area contributed by atoms with E-state index in [9.17, 15) is 9.59 Å². The van der Waals surface area contributed by atoms with Crippen molar-refractivity contribution in [2.45, 2.75) is 23.9 Å². The van der Waals surface area contributed by atoms with Crippen LogP contribution in [0, 0.1) is 0 Å².